The number of unbranched alkanes of at least 4 members (excludes halogenated alkanes) is 5. The molecule has 1 atom stereocenters. The van der Waals surface area contributed by atoms with Gasteiger partial charge in [-0.2, -0.15) is 0 Å². The number of alkyl halides is 1. The molecule has 0 aromatic rings. The van der Waals surface area contributed by atoms with E-state index < -0.39 is 0 Å². The van der Waals surface area contributed by atoms with Crippen LogP contribution in [0.15, 0.2) is 0 Å². The lowest BCUT2D eigenvalue weighted by molar-refractivity contribution is 0.476. The van der Waals surface area contributed by atoms with Gasteiger partial charge in [-0.25, -0.2) is 0 Å². The van der Waals surface area contributed by atoms with Gasteiger partial charge in [-0.3, -0.25) is 0 Å². The van der Waals surface area contributed by atoms with E-state index in [9.17, 15) is 0 Å². The molecule has 0 fully saturated rings. The highest BCUT2D eigenvalue weighted by atomic mass is 35.5. The molecule has 80 valence electrons. The first kappa shape index (κ1) is 13.3. The summed E-state index contributed by atoms with van der Waals surface area (Å²) in [7, 11) is 0. The smallest absolute Gasteiger partial charge is 0.0251 e. The maximum atomic E-state index is 5.83. The molecule has 13 heavy (non-hydrogen) atoms. The van der Waals surface area contributed by atoms with E-state index in [1.54, 1.807) is 0 Å². The summed E-state index contributed by atoms with van der Waals surface area (Å²) < 4.78 is 0. The Hall–Kier alpha value is 0.290. The van der Waals surface area contributed by atoms with Crippen molar-refractivity contribution >= 4 is 11.6 Å². The molecular formula is C12H25Cl. The second-order valence-corrected chi connectivity index (χ2v) is 4.29. The van der Waals surface area contributed by atoms with Gasteiger partial charge in [0.1, 0.15) is 0 Å². The monoisotopic (exact) mass is 204 g/mol. The van der Waals surface area contributed by atoms with Crippen molar-refractivity contribution < 1.29 is 0 Å². The van der Waals surface area contributed by atoms with Crippen LogP contribution >= 0.6 is 11.6 Å². The molecule has 0 radical (unpaired) electrons. The van der Waals surface area contributed by atoms with Crippen LogP contribution in [0, 0.1) is 5.92 Å². The summed E-state index contributed by atoms with van der Waals surface area (Å²) in [6, 6.07) is 0. The van der Waals surface area contributed by atoms with Gasteiger partial charge in [0.05, 0.1) is 0 Å². The average molecular weight is 205 g/mol. The molecule has 1 heteroatoms. The van der Waals surface area contributed by atoms with Crippen LogP contribution < -0.4 is 0 Å². The number of halogens is 1. The fraction of sp³-hybridized carbons (Fsp3) is 1.00. The Morgan fingerprint density at radius 1 is 0.923 bits per heavy atom. The van der Waals surface area contributed by atoms with E-state index in [2.05, 4.69) is 13.8 Å². The van der Waals surface area contributed by atoms with Crippen LogP contribution in [0.2, 0.25) is 0 Å². The van der Waals surface area contributed by atoms with Crippen LogP contribution in [0.5, 0.6) is 0 Å². The molecule has 0 bridgehead atoms. The Morgan fingerprint density at radius 2 is 1.54 bits per heavy atom. The largest absolute Gasteiger partial charge is 0.126 e. The maximum Gasteiger partial charge on any atom is 0.0251 e. The Labute approximate surface area is 89.1 Å². The summed E-state index contributed by atoms with van der Waals surface area (Å²) in [4.78, 5) is 0. The van der Waals surface area contributed by atoms with Gasteiger partial charge in [-0.15, -0.1) is 11.6 Å². The molecule has 0 aliphatic rings. The van der Waals surface area contributed by atoms with E-state index in [1.807, 2.05) is 0 Å². The molecule has 0 aliphatic heterocycles. The van der Waals surface area contributed by atoms with Gasteiger partial charge in [0.15, 0.2) is 0 Å². The highest BCUT2D eigenvalue weighted by molar-refractivity contribution is 6.18. The second kappa shape index (κ2) is 10.4. The zero-order valence-electron chi connectivity index (χ0n) is 9.32. The zero-order chi connectivity index (χ0) is 9.94. The summed E-state index contributed by atoms with van der Waals surface area (Å²) in [5.41, 5.74) is 0. The van der Waals surface area contributed by atoms with Gasteiger partial charge in [0.2, 0.25) is 0 Å². The molecule has 0 rings (SSSR count). The van der Waals surface area contributed by atoms with Crippen molar-refractivity contribution in [3.8, 4) is 0 Å². The molecule has 0 saturated heterocycles. The fourth-order valence-corrected chi connectivity index (χ4v) is 1.98. The minimum absolute atomic E-state index is 0.771. The third-order valence-corrected chi connectivity index (χ3v) is 3.20. The van der Waals surface area contributed by atoms with Gasteiger partial charge in [0.25, 0.3) is 0 Å². The highest BCUT2D eigenvalue weighted by Gasteiger charge is 2.02. The Balaban J connectivity index is 3.05. The minimum atomic E-state index is 0.771. The first-order valence-electron chi connectivity index (χ1n) is 5.91. The predicted molar refractivity (Wildman–Crippen MR) is 62.5 cm³/mol. The van der Waals surface area contributed by atoms with E-state index in [1.165, 1.54) is 51.4 Å². The van der Waals surface area contributed by atoms with Crippen LogP contribution in [0.1, 0.15) is 65.2 Å². The van der Waals surface area contributed by atoms with Gasteiger partial charge in [-0.1, -0.05) is 58.8 Å². The van der Waals surface area contributed by atoms with Gasteiger partial charge in [-0.05, 0) is 12.3 Å². The number of hydrogen-bond acceptors (Lipinski definition) is 0. The van der Waals surface area contributed by atoms with E-state index in [-0.39, 0.29) is 0 Å². The summed E-state index contributed by atoms with van der Waals surface area (Å²) in [6.45, 7) is 4.50. The first-order chi connectivity index (χ1) is 6.35. The molecule has 0 saturated carbocycles. The zero-order valence-corrected chi connectivity index (χ0v) is 10.1. The summed E-state index contributed by atoms with van der Waals surface area (Å²) in [5.74, 6) is 1.62. The normalized spacial score (nSPS) is 13.2. The Kier molecular flexibility index (Phi) is 10.6. The summed E-state index contributed by atoms with van der Waals surface area (Å²) in [6.07, 6.45) is 11.0. The average Bonchev–Trinajstić information content (AvgIpc) is 2.17. The topological polar surface area (TPSA) is 0 Å². The third kappa shape index (κ3) is 8.62. The van der Waals surface area contributed by atoms with E-state index in [0.717, 1.165) is 11.8 Å². The maximum absolute atomic E-state index is 5.83. The molecule has 0 aromatic heterocycles. The van der Waals surface area contributed by atoms with E-state index in [4.69, 9.17) is 11.6 Å². The number of rotatable bonds is 9. The molecule has 0 aromatic carbocycles. The van der Waals surface area contributed by atoms with E-state index in [0.29, 0.717) is 0 Å². The van der Waals surface area contributed by atoms with Crippen LogP contribution in [-0.2, 0) is 0 Å². The van der Waals surface area contributed by atoms with Crippen LogP contribution in [0.25, 0.3) is 0 Å². The minimum Gasteiger partial charge on any atom is -0.126 e. The van der Waals surface area contributed by atoms with E-state index >= 15 is 0 Å². The molecule has 0 nitrogen and oxygen atoms in total. The van der Waals surface area contributed by atoms with Gasteiger partial charge in [0, 0.05) is 5.88 Å². The second-order valence-electron chi connectivity index (χ2n) is 3.99. The molecule has 0 amide bonds. The SMILES string of the molecule is CCCCCCCCC(CC)CCl. The lowest BCUT2D eigenvalue weighted by atomic mass is 10.00. The van der Waals surface area contributed by atoms with Crippen LogP contribution in [0.3, 0.4) is 0 Å². The molecule has 0 N–H and O–H groups in total. The summed E-state index contributed by atoms with van der Waals surface area (Å²) >= 11 is 5.83. The quantitative estimate of drug-likeness (QED) is 0.366. The van der Waals surface area contributed by atoms with Crippen molar-refractivity contribution in [3.63, 3.8) is 0 Å². The van der Waals surface area contributed by atoms with Crippen molar-refractivity contribution in [2.45, 2.75) is 65.2 Å². The van der Waals surface area contributed by atoms with Crippen LogP contribution in [0.4, 0.5) is 0 Å². The van der Waals surface area contributed by atoms with Gasteiger partial charge >= 0.3 is 0 Å². The molecule has 0 spiro atoms. The molecular weight excluding hydrogens is 180 g/mol. The Morgan fingerprint density at radius 3 is 2.08 bits per heavy atom. The molecule has 0 aliphatic carbocycles. The van der Waals surface area contributed by atoms with Crippen molar-refractivity contribution in [3.05, 3.63) is 0 Å². The predicted octanol–water partition coefficient (Wildman–Crippen LogP) is 5.00. The number of hydrogen-bond donors (Lipinski definition) is 0. The first-order valence-corrected chi connectivity index (χ1v) is 6.44. The van der Waals surface area contributed by atoms with Gasteiger partial charge < -0.3 is 0 Å². The molecule has 1 unspecified atom stereocenters. The van der Waals surface area contributed by atoms with Crippen molar-refractivity contribution in [2.75, 3.05) is 5.88 Å². The standard InChI is InChI=1S/C12H25Cl/c1-3-5-6-7-8-9-10-12(4-2)11-13/h12H,3-11H2,1-2H3. The van der Waals surface area contributed by atoms with Crippen molar-refractivity contribution in [1.29, 1.82) is 0 Å². The highest BCUT2D eigenvalue weighted by Crippen LogP contribution is 2.15. The lowest BCUT2D eigenvalue weighted by Gasteiger charge is -2.09. The summed E-state index contributed by atoms with van der Waals surface area (Å²) in [5, 5.41) is 0. The van der Waals surface area contributed by atoms with Crippen LogP contribution in [-0.4, -0.2) is 5.88 Å². The third-order valence-electron chi connectivity index (χ3n) is 2.76. The fourth-order valence-electron chi connectivity index (χ4n) is 1.60. The van der Waals surface area contributed by atoms with Crippen molar-refractivity contribution in [1.82, 2.24) is 0 Å². The Bertz CT molecular complexity index is 87.1. The van der Waals surface area contributed by atoms with Crippen molar-refractivity contribution in [2.24, 2.45) is 5.92 Å². The lowest BCUT2D eigenvalue weighted by Crippen LogP contribution is -1.99. The molecule has 0 heterocycles.